The number of alkyl halides is 3. The molecule has 0 radical (unpaired) electrons. The minimum atomic E-state index is -4.77. The van der Waals surface area contributed by atoms with Crippen LogP contribution in [0.1, 0.15) is 11.3 Å². The number of rotatable bonds is 12. The maximum absolute atomic E-state index is 13.4. The van der Waals surface area contributed by atoms with Crippen LogP contribution in [0, 0.1) is 5.82 Å². The summed E-state index contributed by atoms with van der Waals surface area (Å²) in [6.07, 6.45) is -3.35. The second kappa shape index (κ2) is 13.2. The molecule has 3 aromatic carbocycles. The summed E-state index contributed by atoms with van der Waals surface area (Å²) >= 11 is 6.45. The van der Waals surface area contributed by atoms with Crippen molar-refractivity contribution >= 4 is 43.8 Å². The second-order valence-corrected chi connectivity index (χ2v) is 12.4. The van der Waals surface area contributed by atoms with Crippen LogP contribution in [0.3, 0.4) is 0 Å². The molecule has 5 rings (SSSR count). The molecule has 0 atom stereocenters. The van der Waals surface area contributed by atoms with Crippen LogP contribution in [0.4, 0.5) is 29.1 Å². The van der Waals surface area contributed by atoms with Crippen LogP contribution < -0.4 is 15.4 Å². The number of furan rings is 1. The fourth-order valence-electron chi connectivity index (χ4n) is 4.32. The highest BCUT2D eigenvalue weighted by Gasteiger charge is 2.34. The zero-order valence-corrected chi connectivity index (χ0v) is 24.4. The first-order chi connectivity index (χ1) is 20.9. The summed E-state index contributed by atoms with van der Waals surface area (Å²) in [6, 6.07) is 20.1. The molecular weight excluding hydrogens is 624 g/mol. The van der Waals surface area contributed by atoms with Crippen LogP contribution in [0.5, 0.6) is 5.75 Å². The number of ether oxygens (including phenoxy) is 1. The predicted octanol–water partition coefficient (Wildman–Crippen LogP) is 7.07. The largest absolute Gasteiger partial charge is 0.487 e. The van der Waals surface area contributed by atoms with Crippen molar-refractivity contribution in [3.05, 3.63) is 101 Å². The number of halogens is 5. The maximum Gasteiger partial charge on any atom is 0.402 e. The molecular formula is C30H25ClF4N4O4S. The van der Waals surface area contributed by atoms with Gasteiger partial charge in [0, 0.05) is 23.2 Å². The topological polar surface area (TPSA) is 106 Å². The molecule has 2 N–H and O–H groups in total. The third kappa shape index (κ3) is 8.46. The molecule has 0 aliphatic heterocycles. The van der Waals surface area contributed by atoms with Gasteiger partial charge in [-0.25, -0.2) is 22.8 Å². The Morgan fingerprint density at radius 3 is 2.59 bits per heavy atom. The minimum absolute atomic E-state index is 0.133. The number of hydrogen-bond acceptors (Lipinski definition) is 8. The van der Waals surface area contributed by atoms with E-state index in [1.807, 2.05) is 12.1 Å². The molecule has 2 aromatic heterocycles. The highest BCUT2D eigenvalue weighted by Crippen LogP contribution is 2.33. The molecule has 0 aliphatic carbocycles. The lowest BCUT2D eigenvalue weighted by Gasteiger charge is -2.12. The molecule has 0 saturated heterocycles. The van der Waals surface area contributed by atoms with Crippen LogP contribution >= 0.6 is 11.6 Å². The quantitative estimate of drug-likeness (QED) is 0.109. The van der Waals surface area contributed by atoms with Gasteiger partial charge in [-0.2, -0.15) is 13.2 Å². The molecule has 0 bridgehead atoms. The van der Waals surface area contributed by atoms with Gasteiger partial charge in [0.05, 0.1) is 22.8 Å². The lowest BCUT2D eigenvalue weighted by molar-refractivity contribution is -0.106. The van der Waals surface area contributed by atoms with E-state index < -0.39 is 27.5 Å². The SMILES string of the molecule is O=S(=O)(CCNCc1ccc(-c2ccc3ncnc(Nc4ccc(OCc5cccc(F)c5)c(Cl)c4)c3c2)o1)CC(F)(F)F. The van der Waals surface area contributed by atoms with Crippen molar-refractivity contribution in [2.45, 2.75) is 19.3 Å². The number of nitrogens with zero attached hydrogens (tertiary/aromatic N) is 2. The van der Waals surface area contributed by atoms with Crippen LogP contribution in [0.2, 0.25) is 5.02 Å². The van der Waals surface area contributed by atoms with Gasteiger partial charge >= 0.3 is 6.18 Å². The van der Waals surface area contributed by atoms with E-state index in [1.165, 1.54) is 18.5 Å². The van der Waals surface area contributed by atoms with E-state index in [-0.39, 0.29) is 25.5 Å². The summed E-state index contributed by atoms with van der Waals surface area (Å²) in [4.78, 5) is 8.70. The number of hydrogen-bond donors (Lipinski definition) is 2. The van der Waals surface area contributed by atoms with Gasteiger partial charge in [-0.05, 0) is 66.2 Å². The van der Waals surface area contributed by atoms with Gasteiger partial charge in [0.25, 0.3) is 0 Å². The lowest BCUT2D eigenvalue weighted by Crippen LogP contribution is -2.29. The van der Waals surface area contributed by atoms with E-state index in [0.717, 1.165) is 0 Å². The van der Waals surface area contributed by atoms with E-state index in [2.05, 4.69) is 20.6 Å². The zero-order valence-electron chi connectivity index (χ0n) is 22.9. The first kappa shape index (κ1) is 31.2. The number of fused-ring (bicyclic) bond motifs is 1. The minimum Gasteiger partial charge on any atom is -0.487 e. The lowest BCUT2D eigenvalue weighted by atomic mass is 10.1. The smallest absolute Gasteiger partial charge is 0.402 e. The second-order valence-electron chi connectivity index (χ2n) is 9.79. The summed E-state index contributed by atoms with van der Waals surface area (Å²) in [7, 11) is -4.26. The number of anilines is 2. The highest BCUT2D eigenvalue weighted by atomic mass is 35.5. The van der Waals surface area contributed by atoms with Gasteiger partial charge < -0.3 is 19.8 Å². The van der Waals surface area contributed by atoms with Gasteiger partial charge in [0.15, 0.2) is 9.84 Å². The summed E-state index contributed by atoms with van der Waals surface area (Å²) in [5, 5.41) is 7.08. The molecule has 0 amide bonds. The van der Waals surface area contributed by atoms with Crippen molar-refractivity contribution in [2.75, 3.05) is 23.4 Å². The van der Waals surface area contributed by atoms with Crippen LogP contribution in [0.15, 0.2) is 83.5 Å². The predicted molar refractivity (Wildman–Crippen MR) is 159 cm³/mol. The monoisotopic (exact) mass is 648 g/mol. The van der Waals surface area contributed by atoms with E-state index in [0.29, 0.717) is 55.8 Å². The molecule has 0 saturated carbocycles. The summed E-state index contributed by atoms with van der Waals surface area (Å²) in [6.45, 7) is 0.132. The third-order valence-electron chi connectivity index (χ3n) is 6.33. The Kier molecular flexibility index (Phi) is 9.37. The Bertz CT molecular complexity index is 1880. The third-order valence-corrected chi connectivity index (χ3v) is 8.22. The molecule has 230 valence electrons. The van der Waals surface area contributed by atoms with Crippen molar-refractivity contribution < 1.29 is 35.1 Å². The van der Waals surface area contributed by atoms with Crippen molar-refractivity contribution in [3.8, 4) is 17.1 Å². The molecule has 14 heteroatoms. The molecule has 2 heterocycles. The van der Waals surface area contributed by atoms with Crippen molar-refractivity contribution in [1.82, 2.24) is 15.3 Å². The maximum atomic E-state index is 13.4. The van der Waals surface area contributed by atoms with Gasteiger partial charge in [-0.3, -0.25) is 0 Å². The Labute approximate surface area is 255 Å². The summed E-state index contributed by atoms with van der Waals surface area (Å²) in [5.74, 6) is -0.901. The first-order valence-corrected chi connectivity index (χ1v) is 15.4. The molecule has 5 aromatic rings. The van der Waals surface area contributed by atoms with Gasteiger partial charge in [-0.1, -0.05) is 23.7 Å². The Morgan fingerprint density at radius 2 is 1.82 bits per heavy atom. The van der Waals surface area contributed by atoms with Crippen LogP contribution in [-0.4, -0.2) is 42.6 Å². The van der Waals surface area contributed by atoms with E-state index in [4.69, 9.17) is 20.8 Å². The molecule has 0 unspecified atom stereocenters. The standard InChI is InChI=1S/C30H25ClF4N4O4S/c31-25-14-22(5-8-28(25)42-16-19-2-1-3-21(32)12-19)39-29-24-13-20(4-7-26(24)37-18-38-29)27-9-6-23(43-27)15-36-10-11-44(40,41)17-30(33,34)35/h1-9,12-14,18,36H,10-11,15-17H2,(H,37,38,39). The normalized spacial score (nSPS) is 12.0. The number of benzene rings is 3. The number of aromatic nitrogens is 2. The molecule has 0 aliphatic rings. The molecule has 8 nitrogen and oxygen atoms in total. The summed E-state index contributed by atoms with van der Waals surface area (Å²) in [5.41, 5.74) is 2.69. The fraction of sp³-hybridized carbons (Fsp3) is 0.200. The van der Waals surface area contributed by atoms with E-state index >= 15 is 0 Å². The highest BCUT2D eigenvalue weighted by molar-refractivity contribution is 7.91. The Hall–Kier alpha value is -4.20. The Balaban J connectivity index is 1.24. The zero-order chi connectivity index (χ0) is 31.3. The number of nitrogens with one attached hydrogen (secondary N) is 2. The Morgan fingerprint density at radius 1 is 0.977 bits per heavy atom. The molecule has 0 fully saturated rings. The van der Waals surface area contributed by atoms with Crippen molar-refractivity contribution in [3.63, 3.8) is 0 Å². The van der Waals surface area contributed by atoms with E-state index in [9.17, 15) is 26.0 Å². The molecule has 0 spiro atoms. The van der Waals surface area contributed by atoms with Crippen molar-refractivity contribution in [2.24, 2.45) is 0 Å². The van der Waals surface area contributed by atoms with Crippen LogP contribution in [0.25, 0.3) is 22.2 Å². The summed E-state index contributed by atoms with van der Waals surface area (Å²) < 4.78 is 85.4. The molecule has 44 heavy (non-hydrogen) atoms. The fourth-order valence-corrected chi connectivity index (χ4v) is 5.65. The van der Waals surface area contributed by atoms with Gasteiger partial charge in [-0.15, -0.1) is 0 Å². The van der Waals surface area contributed by atoms with E-state index in [1.54, 1.807) is 48.5 Å². The van der Waals surface area contributed by atoms with Crippen molar-refractivity contribution in [1.29, 1.82) is 0 Å². The average molecular weight is 649 g/mol. The van der Waals surface area contributed by atoms with Gasteiger partial charge in [0.2, 0.25) is 0 Å². The number of sulfone groups is 1. The van der Waals surface area contributed by atoms with Gasteiger partial charge in [0.1, 0.15) is 47.6 Å². The van der Waals surface area contributed by atoms with Crippen LogP contribution in [-0.2, 0) is 23.0 Å². The first-order valence-electron chi connectivity index (χ1n) is 13.2. The average Bonchev–Trinajstić information content (AvgIpc) is 3.43.